The lowest BCUT2D eigenvalue weighted by Crippen LogP contribution is -2.50. The third-order valence-corrected chi connectivity index (χ3v) is 9.08. The number of nitro groups is 1. The molecule has 1 aliphatic rings. The van der Waals surface area contributed by atoms with Gasteiger partial charge in [0.05, 0.1) is 9.82 Å². The molecule has 0 bridgehead atoms. The second kappa shape index (κ2) is 8.00. The van der Waals surface area contributed by atoms with Crippen LogP contribution in [-0.2, 0) is 20.0 Å². The quantitative estimate of drug-likeness (QED) is 0.425. The van der Waals surface area contributed by atoms with Gasteiger partial charge in [0.25, 0.3) is 5.69 Å². The summed E-state index contributed by atoms with van der Waals surface area (Å²) in [5.41, 5.74) is -0.506. The number of nitro benzene ring substituents is 1. The van der Waals surface area contributed by atoms with Crippen LogP contribution >= 0.6 is 0 Å². The van der Waals surface area contributed by atoms with Gasteiger partial charge in [-0.2, -0.15) is 8.61 Å². The second-order valence-corrected chi connectivity index (χ2v) is 10.9. The molecule has 9 nitrogen and oxygen atoms in total. The Hall–Kier alpha value is -2.86. The number of nitrogens with zero attached hydrogens (tertiary/aromatic N) is 3. The molecule has 3 aromatic rings. The first-order chi connectivity index (χ1) is 14.7. The lowest BCUT2D eigenvalue weighted by molar-refractivity contribution is -0.387. The number of hydrogen-bond donors (Lipinski definition) is 0. The van der Waals surface area contributed by atoms with Crippen molar-refractivity contribution < 1.29 is 21.8 Å². The smallest absolute Gasteiger partial charge is 0.258 e. The molecule has 0 N–H and O–H groups in total. The van der Waals surface area contributed by atoms with Gasteiger partial charge in [0.1, 0.15) is 0 Å². The molecule has 0 aliphatic carbocycles. The predicted octanol–water partition coefficient (Wildman–Crippen LogP) is 2.44. The van der Waals surface area contributed by atoms with Crippen molar-refractivity contribution in [3.8, 4) is 0 Å². The van der Waals surface area contributed by atoms with Gasteiger partial charge < -0.3 is 0 Å². The van der Waals surface area contributed by atoms with Crippen molar-refractivity contribution in [2.24, 2.45) is 0 Å². The van der Waals surface area contributed by atoms with E-state index in [-0.39, 0.29) is 31.1 Å². The van der Waals surface area contributed by atoms with Gasteiger partial charge >= 0.3 is 0 Å². The highest BCUT2D eigenvalue weighted by Crippen LogP contribution is 2.28. The summed E-state index contributed by atoms with van der Waals surface area (Å²) in [6.07, 6.45) is 0. The van der Waals surface area contributed by atoms with Gasteiger partial charge in [-0.15, -0.1) is 0 Å². The second-order valence-electron chi connectivity index (χ2n) is 7.04. The van der Waals surface area contributed by atoms with Crippen LogP contribution < -0.4 is 0 Å². The van der Waals surface area contributed by atoms with Gasteiger partial charge in [-0.1, -0.05) is 42.5 Å². The molecule has 3 aromatic carbocycles. The molecule has 0 radical (unpaired) electrons. The van der Waals surface area contributed by atoms with E-state index < -0.39 is 35.6 Å². The van der Waals surface area contributed by atoms with Crippen molar-refractivity contribution in [2.75, 3.05) is 26.2 Å². The highest BCUT2D eigenvalue weighted by Gasteiger charge is 2.36. The SMILES string of the molecule is O=[N+]([O-])c1ccccc1S(=O)(=O)N1CCN(S(=O)(=O)c2ccc3ccccc3c2)CC1. The Labute approximate surface area is 179 Å². The van der Waals surface area contributed by atoms with Crippen LogP contribution in [0.4, 0.5) is 5.69 Å². The fraction of sp³-hybridized carbons (Fsp3) is 0.200. The summed E-state index contributed by atoms with van der Waals surface area (Å²) in [5, 5.41) is 12.9. The molecule has 11 heteroatoms. The minimum Gasteiger partial charge on any atom is -0.258 e. The molecular formula is C20H19N3O6S2. The molecule has 0 unspecified atom stereocenters. The first-order valence-corrected chi connectivity index (χ1v) is 12.3. The zero-order chi connectivity index (χ0) is 22.2. The summed E-state index contributed by atoms with van der Waals surface area (Å²) in [7, 11) is -7.93. The summed E-state index contributed by atoms with van der Waals surface area (Å²) in [5.74, 6) is 0. The number of sulfonamides is 2. The van der Waals surface area contributed by atoms with Crippen LogP contribution in [0.2, 0.25) is 0 Å². The predicted molar refractivity (Wildman–Crippen MR) is 115 cm³/mol. The standard InChI is InChI=1S/C20H19N3O6S2/c24-23(25)19-7-3-4-8-20(19)31(28,29)22-13-11-21(12-14-22)30(26,27)18-10-9-16-5-1-2-6-17(16)15-18/h1-10,15H,11-14H2. The van der Waals surface area contributed by atoms with Crippen LogP contribution in [0.5, 0.6) is 0 Å². The molecule has 1 aliphatic heterocycles. The van der Waals surface area contributed by atoms with Gasteiger partial charge in [-0.05, 0) is 29.0 Å². The Morgan fingerprint density at radius 1 is 0.710 bits per heavy atom. The minimum atomic E-state index is -4.13. The summed E-state index contributed by atoms with van der Waals surface area (Å²) < 4.78 is 54.3. The number of fused-ring (bicyclic) bond motifs is 1. The molecule has 0 amide bonds. The summed E-state index contributed by atoms with van der Waals surface area (Å²) in [6, 6.07) is 17.4. The van der Waals surface area contributed by atoms with Crippen LogP contribution in [0.1, 0.15) is 0 Å². The molecule has 162 valence electrons. The lowest BCUT2D eigenvalue weighted by Gasteiger charge is -2.33. The molecule has 0 atom stereocenters. The van der Waals surface area contributed by atoms with E-state index in [1.807, 2.05) is 24.3 Å². The summed E-state index contributed by atoms with van der Waals surface area (Å²) in [4.78, 5) is 10.2. The van der Waals surface area contributed by atoms with Crippen molar-refractivity contribution in [1.82, 2.24) is 8.61 Å². The molecule has 31 heavy (non-hydrogen) atoms. The summed E-state index contributed by atoms with van der Waals surface area (Å²) in [6.45, 7) is -0.285. The maximum absolute atomic E-state index is 13.1. The Bertz CT molecular complexity index is 1360. The number of benzene rings is 3. The third-order valence-electron chi connectivity index (χ3n) is 5.24. The average Bonchev–Trinajstić information content (AvgIpc) is 2.78. The highest BCUT2D eigenvalue weighted by atomic mass is 32.2. The zero-order valence-corrected chi connectivity index (χ0v) is 17.9. The van der Waals surface area contributed by atoms with Crippen LogP contribution in [0.25, 0.3) is 10.8 Å². The molecule has 4 rings (SSSR count). The van der Waals surface area contributed by atoms with Crippen molar-refractivity contribution in [3.63, 3.8) is 0 Å². The van der Waals surface area contributed by atoms with Crippen molar-refractivity contribution in [2.45, 2.75) is 9.79 Å². The monoisotopic (exact) mass is 461 g/mol. The van der Waals surface area contributed by atoms with E-state index in [1.165, 1.54) is 28.6 Å². The minimum absolute atomic E-state index is 0.0466. The summed E-state index contributed by atoms with van der Waals surface area (Å²) >= 11 is 0. The van der Waals surface area contributed by atoms with Crippen LogP contribution in [-0.4, -0.2) is 56.5 Å². The van der Waals surface area contributed by atoms with Gasteiger partial charge in [-0.3, -0.25) is 10.1 Å². The first-order valence-electron chi connectivity index (χ1n) is 9.44. The Balaban J connectivity index is 1.56. The Morgan fingerprint density at radius 2 is 1.26 bits per heavy atom. The van der Waals surface area contributed by atoms with E-state index in [0.29, 0.717) is 0 Å². The maximum atomic E-state index is 13.1. The van der Waals surface area contributed by atoms with Crippen LogP contribution in [0, 0.1) is 10.1 Å². The lowest BCUT2D eigenvalue weighted by atomic mass is 10.1. The van der Waals surface area contributed by atoms with Crippen molar-refractivity contribution >= 4 is 36.5 Å². The molecule has 0 aromatic heterocycles. The van der Waals surface area contributed by atoms with Crippen molar-refractivity contribution in [3.05, 3.63) is 76.8 Å². The fourth-order valence-corrected chi connectivity index (χ4v) is 6.63. The number of piperazine rings is 1. The van der Waals surface area contributed by atoms with Crippen LogP contribution in [0.3, 0.4) is 0 Å². The molecule has 1 saturated heterocycles. The van der Waals surface area contributed by atoms with Crippen molar-refractivity contribution in [1.29, 1.82) is 0 Å². The normalized spacial score (nSPS) is 16.4. The first kappa shape index (κ1) is 21.4. The molecule has 0 saturated carbocycles. The third kappa shape index (κ3) is 3.92. The molecule has 0 spiro atoms. The van der Waals surface area contributed by atoms with Gasteiger partial charge in [-0.25, -0.2) is 16.8 Å². The van der Waals surface area contributed by atoms with E-state index in [0.717, 1.165) is 21.1 Å². The molecular weight excluding hydrogens is 442 g/mol. The Morgan fingerprint density at radius 3 is 1.90 bits per heavy atom. The van der Waals surface area contributed by atoms with Gasteiger partial charge in [0, 0.05) is 32.2 Å². The van der Waals surface area contributed by atoms with Crippen LogP contribution in [0.15, 0.2) is 76.5 Å². The van der Waals surface area contributed by atoms with E-state index in [2.05, 4.69) is 0 Å². The van der Waals surface area contributed by atoms with E-state index in [9.17, 15) is 26.9 Å². The topological polar surface area (TPSA) is 118 Å². The highest BCUT2D eigenvalue weighted by molar-refractivity contribution is 7.89. The number of rotatable bonds is 5. The maximum Gasteiger partial charge on any atom is 0.289 e. The molecule has 1 fully saturated rings. The largest absolute Gasteiger partial charge is 0.289 e. The van der Waals surface area contributed by atoms with E-state index >= 15 is 0 Å². The van der Waals surface area contributed by atoms with E-state index in [4.69, 9.17) is 0 Å². The van der Waals surface area contributed by atoms with Gasteiger partial charge in [0.2, 0.25) is 20.0 Å². The van der Waals surface area contributed by atoms with E-state index in [1.54, 1.807) is 12.1 Å². The Kier molecular flexibility index (Phi) is 5.52. The molecule has 1 heterocycles. The average molecular weight is 462 g/mol. The number of para-hydroxylation sites is 1. The zero-order valence-electron chi connectivity index (χ0n) is 16.3. The van der Waals surface area contributed by atoms with Gasteiger partial charge in [0.15, 0.2) is 4.90 Å². The fourth-order valence-electron chi connectivity index (χ4n) is 3.59. The number of hydrogen-bond acceptors (Lipinski definition) is 6.